The van der Waals surface area contributed by atoms with Crippen molar-refractivity contribution in [1.82, 2.24) is 4.90 Å². The van der Waals surface area contributed by atoms with Crippen molar-refractivity contribution in [3.05, 3.63) is 0 Å². The molecule has 0 amide bonds. The van der Waals surface area contributed by atoms with Gasteiger partial charge in [-0.2, -0.15) is 0 Å². The summed E-state index contributed by atoms with van der Waals surface area (Å²) in [4.78, 5) is 2.37. The molecule has 3 heteroatoms. The van der Waals surface area contributed by atoms with Crippen molar-refractivity contribution >= 4 is 0 Å². The van der Waals surface area contributed by atoms with Gasteiger partial charge in [-0.1, -0.05) is 13.8 Å². The third kappa shape index (κ3) is 1.53. The molecule has 0 spiro atoms. The Morgan fingerprint density at radius 2 is 1.94 bits per heavy atom. The highest BCUT2D eigenvalue weighted by Crippen LogP contribution is 2.67. The van der Waals surface area contributed by atoms with Gasteiger partial charge in [0.1, 0.15) is 0 Å². The smallest absolute Gasteiger partial charge is 0.0753 e. The molecule has 1 unspecified atom stereocenters. The molecule has 3 aliphatic rings. The molecule has 1 aliphatic heterocycles. The monoisotopic (exact) mass is 253 g/mol. The van der Waals surface area contributed by atoms with Gasteiger partial charge in [0.05, 0.1) is 12.2 Å². The predicted octanol–water partition coefficient (Wildman–Crippen LogP) is 1.63. The minimum atomic E-state index is -0.368. The largest absolute Gasteiger partial charge is 0.392 e. The van der Waals surface area contributed by atoms with Crippen LogP contribution in [-0.2, 0) is 0 Å². The number of likely N-dealkylation sites (tertiary alicyclic amines) is 1. The first-order valence-corrected chi connectivity index (χ1v) is 7.57. The molecule has 104 valence electrons. The summed E-state index contributed by atoms with van der Waals surface area (Å²) < 4.78 is 0. The Morgan fingerprint density at radius 1 is 1.28 bits per heavy atom. The normalized spacial score (nSPS) is 44.7. The Bertz CT molecular complexity index is 324. The summed E-state index contributed by atoms with van der Waals surface area (Å²) in [7, 11) is 0. The second kappa shape index (κ2) is 4.19. The number of aliphatic hydroxyl groups excluding tert-OH is 2. The second-order valence-corrected chi connectivity index (χ2v) is 7.27. The Morgan fingerprint density at radius 3 is 2.44 bits per heavy atom. The fraction of sp³-hybridized carbons (Fsp3) is 1.00. The zero-order valence-electron chi connectivity index (χ0n) is 11.7. The summed E-state index contributed by atoms with van der Waals surface area (Å²) in [5.74, 6) is 0.598. The van der Waals surface area contributed by atoms with E-state index in [0.29, 0.717) is 5.92 Å². The first-order valence-electron chi connectivity index (χ1n) is 7.57. The van der Waals surface area contributed by atoms with Crippen molar-refractivity contribution in [2.24, 2.45) is 16.7 Å². The SMILES string of the molecule is CC1(C)[C@@H]2CC[C@@]1([C@H](O)CN1CCCC1)C(O)C2. The summed E-state index contributed by atoms with van der Waals surface area (Å²) >= 11 is 0. The lowest BCUT2D eigenvalue weighted by atomic mass is 9.64. The van der Waals surface area contributed by atoms with Crippen LogP contribution in [0.25, 0.3) is 0 Å². The molecule has 18 heavy (non-hydrogen) atoms. The fourth-order valence-electron chi connectivity index (χ4n) is 5.16. The molecule has 3 nitrogen and oxygen atoms in total. The highest BCUT2D eigenvalue weighted by atomic mass is 16.3. The Labute approximate surface area is 110 Å². The van der Waals surface area contributed by atoms with E-state index in [9.17, 15) is 10.2 Å². The zero-order chi connectivity index (χ0) is 13.0. The summed E-state index contributed by atoms with van der Waals surface area (Å²) in [6.45, 7) is 7.51. The topological polar surface area (TPSA) is 43.7 Å². The van der Waals surface area contributed by atoms with E-state index in [0.717, 1.165) is 32.5 Å². The van der Waals surface area contributed by atoms with Crippen LogP contribution in [0.3, 0.4) is 0 Å². The van der Waals surface area contributed by atoms with Crippen molar-refractivity contribution in [2.45, 2.75) is 58.2 Å². The lowest BCUT2D eigenvalue weighted by molar-refractivity contribution is -0.106. The van der Waals surface area contributed by atoms with Crippen LogP contribution in [0.1, 0.15) is 46.0 Å². The van der Waals surface area contributed by atoms with Crippen LogP contribution in [-0.4, -0.2) is 47.0 Å². The molecule has 3 rings (SSSR count). The van der Waals surface area contributed by atoms with Crippen LogP contribution >= 0.6 is 0 Å². The number of hydrogen-bond acceptors (Lipinski definition) is 3. The van der Waals surface area contributed by atoms with Gasteiger partial charge in [0.2, 0.25) is 0 Å². The molecule has 0 radical (unpaired) electrons. The Balaban J connectivity index is 1.79. The van der Waals surface area contributed by atoms with Crippen molar-refractivity contribution in [3.8, 4) is 0 Å². The number of rotatable bonds is 3. The molecule has 0 aromatic rings. The standard InChI is InChI=1S/C15H27NO2/c1-14(2)11-5-6-15(14,12(17)9-11)13(18)10-16-7-3-4-8-16/h11-13,17-18H,3-10H2,1-2H3/t11-,12?,13-,15+/m1/s1. The van der Waals surface area contributed by atoms with E-state index >= 15 is 0 Å². The van der Waals surface area contributed by atoms with Crippen LogP contribution in [0.2, 0.25) is 0 Å². The van der Waals surface area contributed by atoms with Gasteiger partial charge in [-0.15, -0.1) is 0 Å². The van der Waals surface area contributed by atoms with Gasteiger partial charge < -0.3 is 15.1 Å². The molecule has 4 atom stereocenters. The number of β-amino-alcohol motifs (C(OH)–C–C–N with tert-alkyl or cyclic N) is 1. The Kier molecular flexibility index (Phi) is 3.00. The predicted molar refractivity (Wildman–Crippen MR) is 71.2 cm³/mol. The highest BCUT2D eigenvalue weighted by molar-refractivity contribution is 5.15. The molecule has 3 fully saturated rings. The number of nitrogens with zero attached hydrogens (tertiary/aromatic N) is 1. The van der Waals surface area contributed by atoms with E-state index in [1.54, 1.807) is 0 Å². The lowest BCUT2D eigenvalue weighted by Crippen LogP contribution is -2.52. The summed E-state index contributed by atoms with van der Waals surface area (Å²) in [6.07, 6.45) is 4.92. The molecule has 0 aromatic heterocycles. The van der Waals surface area contributed by atoms with Gasteiger partial charge in [0, 0.05) is 12.0 Å². The van der Waals surface area contributed by atoms with E-state index in [4.69, 9.17) is 0 Å². The van der Waals surface area contributed by atoms with Crippen LogP contribution in [0, 0.1) is 16.7 Å². The first-order chi connectivity index (χ1) is 8.48. The minimum absolute atomic E-state index is 0.0888. The van der Waals surface area contributed by atoms with E-state index in [-0.39, 0.29) is 23.0 Å². The summed E-state index contributed by atoms with van der Waals surface area (Å²) in [5, 5.41) is 21.3. The maximum atomic E-state index is 10.8. The van der Waals surface area contributed by atoms with Gasteiger partial charge in [-0.05, 0) is 56.5 Å². The molecule has 2 N–H and O–H groups in total. The van der Waals surface area contributed by atoms with Crippen molar-refractivity contribution in [3.63, 3.8) is 0 Å². The number of fused-ring (bicyclic) bond motifs is 2. The van der Waals surface area contributed by atoms with Gasteiger partial charge in [0.15, 0.2) is 0 Å². The van der Waals surface area contributed by atoms with Gasteiger partial charge >= 0.3 is 0 Å². The third-order valence-electron chi connectivity index (χ3n) is 6.45. The highest BCUT2D eigenvalue weighted by Gasteiger charge is 2.66. The summed E-state index contributed by atoms with van der Waals surface area (Å²) in [5.41, 5.74) is -0.161. The third-order valence-corrected chi connectivity index (χ3v) is 6.45. The molecular formula is C15H27NO2. The molecular weight excluding hydrogens is 226 g/mol. The van der Waals surface area contributed by atoms with E-state index < -0.39 is 0 Å². The molecule has 2 aliphatic carbocycles. The van der Waals surface area contributed by atoms with E-state index in [2.05, 4.69) is 18.7 Å². The average Bonchev–Trinajstić information content (AvgIpc) is 2.93. The van der Waals surface area contributed by atoms with Crippen molar-refractivity contribution < 1.29 is 10.2 Å². The quantitative estimate of drug-likeness (QED) is 0.803. The lowest BCUT2D eigenvalue weighted by Gasteiger charge is -2.45. The van der Waals surface area contributed by atoms with Gasteiger partial charge in [-0.25, -0.2) is 0 Å². The van der Waals surface area contributed by atoms with Crippen LogP contribution in [0.4, 0.5) is 0 Å². The molecule has 2 saturated carbocycles. The first kappa shape index (κ1) is 12.9. The molecule has 2 bridgehead atoms. The van der Waals surface area contributed by atoms with Crippen molar-refractivity contribution in [1.29, 1.82) is 0 Å². The molecule has 1 saturated heterocycles. The number of aliphatic hydroxyl groups is 2. The van der Waals surface area contributed by atoms with Gasteiger partial charge in [0.25, 0.3) is 0 Å². The van der Waals surface area contributed by atoms with Crippen LogP contribution in [0.15, 0.2) is 0 Å². The van der Waals surface area contributed by atoms with Gasteiger partial charge in [-0.3, -0.25) is 0 Å². The Hall–Kier alpha value is -0.120. The van der Waals surface area contributed by atoms with E-state index in [1.807, 2.05) is 0 Å². The minimum Gasteiger partial charge on any atom is -0.392 e. The van der Waals surface area contributed by atoms with Crippen LogP contribution in [0.5, 0.6) is 0 Å². The zero-order valence-corrected chi connectivity index (χ0v) is 11.7. The summed E-state index contributed by atoms with van der Waals surface area (Å²) in [6, 6.07) is 0. The molecule has 0 aromatic carbocycles. The average molecular weight is 253 g/mol. The second-order valence-electron chi connectivity index (χ2n) is 7.27. The van der Waals surface area contributed by atoms with Crippen molar-refractivity contribution in [2.75, 3.05) is 19.6 Å². The maximum Gasteiger partial charge on any atom is 0.0753 e. The maximum absolute atomic E-state index is 10.8. The molecule has 1 heterocycles. The van der Waals surface area contributed by atoms with E-state index in [1.165, 1.54) is 19.3 Å². The van der Waals surface area contributed by atoms with Crippen LogP contribution < -0.4 is 0 Å². The number of hydrogen-bond donors (Lipinski definition) is 2. The fourth-order valence-corrected chi connectivity index (χ4v) is 5.16.